The van der Waals surface area contributed by atoms with E-state index in [0.717, 1.165) is 27.9 Å². The van der Waals surface area contributed by atoms with E-state index < -0.39 is 0 Å². The van der Waals surface area contributed by atoms with Crippen LogP contribution in [0.15, 0.2) is 47.1 Å². The van der Waals surface area contributed by atoms with Crippen molar-refractivity contribution in [1.82, 2.24) is 4.98 Å². The molecular formula is C16H16N2O2. The molecule has 20 heavy (non-hydrogen) atoms. The molecule has 4 heteroatoms. The molecule has 0 radical (unpaired) electrons. The van der Waals surface area contributed by atoms with Gasteiger partial charge in [-0.3, -0.25) is 4.98 Å². The number of fused-ring (bicyclic) bond motifs is 1. The molecule has 1 atom stereocenters. The molecule has 3 aromatic rings. The van der Waals surface area contributed by atoms with E-state index in [-0.39, 0.29) is 6.04 Å². The van der Waals surface area contributed by atoms with Crippen LogP contribution in [0.4, 0.5) is 0 Å². The number of nitrogens with zero attached hydrogens (tertiary/aromatic N) is 1. The minimum Gasteiger partial charge on any atom is -0.495 e. The van der Waals surface area contributed by atoms with E-state index >= 15 is 0 Å². The average Bonchev–Trinajstić information content (AvgIpc) is 2.92. The second-order valence-corrected chi connectivity index (χ2v) is 4.74. The summed E-state index contributed by atoms with van der Waals surface area (Å²) in [6.07, 6.45) is 3.36. The van der Waals surface area contributed by atoms with Crippen molar-refractivity contribution in [3.63, 3.8) is 0 Å². The Kier molecular flexibility index (Phi) is 3.16. The van der Waals surface area contributed by atoms with Crippen molar-refractivity contribution >= 4 is 11.0 Å². The van der Waals surface area contributed by atoms with Gasteiger partial charge in [0.05, 0.1) is 19.3 Å². The van der Waals surface area contributed by atoms with Crippen LogP contribution in [0, 0.1) is 6.92 Å². The monoisotopic (exact) mass is 268 g/mol. The number of rotatable bonds is 3. The van der Waals surface area contributed by atoms with Gasteiger partial charge in [0, 0.05) is 17.1 Å². The summed E-state index contributed by atoms with van der Waals surface area (Å²) < 4.78 is 11.2. The van der Waals surface area contributed by atoms with Gasteiger partial charge in [-0.1, -0.05) is 18.2 Å². The summed E-state index contributed by atoms with van der Waals surface area (Å²) in [7, 11) is 1.61. The van der Waals surface area contributed by atoms with Gasteiger partial charge in [-0.05, 0) is 24.6 Å². The quantitative estimate of drug-likeness (QED) is 0.792. The molecule has 0 aliphatic rings. The lowest BCUT2D eigenvalue weighted by Gasteiger charge is -2.12. The van der Waals surface area contributed by atoms with Crippen LogP contribution in [0.5, 0.6) is 5.75 Å². The van der Waals surface area contributed by atoms with Crippen LogP contribution >= 0.6 is 0 Å². The first kappa shape index (κ1) is 12.7. The molecule has 0 amide bonds. The Morgan fingerprint density at radius 1 is 1.30 bits per heavy atom. The maximum Gasteiger partial charge on any atom is 0.142 e. The van der Waals surface area contributed by atoms with Crippen LogP contribution < -0.4 is 10.5 Å². The Labute approximate surface area is 117 Å². The lowest BCUT2D eigenvalue weighted by atomic mass is 10.1. The number of benzene rings is 1. The fraction of sp³-hybridized carbons (Fsp3) is 0.188. The number of furan rings is 1. The van der Waals surface area contributed by atoms with Gasteiger partial charge in [0.2, 0.25) is 0 Å². The Morgan fingerprint density at radius 2 is 2.15 bits per heavy atom. The maximum absolute atomic E-state index is 6.31. The third-order valence-corrected chi connectivity index (χ3v) is 3.44. The summed E-state index contributed by atoms with van der Waals surface area (Å²) in [6.45, 7) is 2.02. The topological polar surface area (TPSA) is 61.3 Å². The summed E-state index contributed by atoms with van der Waals surface area (Å²) in [4.78, 5) is 4.04. The standard InChI is InChI=1S/C16H16N2O2/c1-10-4-3-5-11-8-13(20-16(10)11)15(17)12-6-7-18-9-14(12)19-2/h3-9,15H,17H2,1-2H3. The predicted octanol–water partition coefficient (Wildman–Crippen LogP) is 3.19. The van der Waals surface area contributed by atoms with E-state index in [9.17, 15) is 0 Å². The molecule has 2 heterocycles. The Morgan fingerprint density at radius 3 is 2.90 bits per heavy atom. The molecule has 0 aliphatic heterocycles. The molecule has 0 saturated heterocycles. The summed E-state index contributed by atoms with van der Waals surface area (Å²) in [6, 6.07) is 9.51. The van der Waals surface area contributed by atoms with Gasteiger partial charge < -0.3 is 14.9 Å². The third kappa shape index (κ3) is 2.04. The number of ether oxygens (including phenoxy) is 1. The molecule has 0 bridgehead atoms. The van der Waals surface area contributed by atoms with Crippen molar-refractivity contribution in [3.8, 4) is 5.75 Å². The summed E-state index contributed by atoms with van der Waals surface area (Å²) in [5.41, 5.74) is 9.15. The number of nitrogens with two attached hydrogens (primary N) is 1. The van der Waals surface area contributed by atoms with Crippen molar-refractivity contribution in [2.45, 2.75) is 13.0 Å². The number of para-hydroxylation sites is 1. The Hall–Kier alpha value is -2.33. The van der Waals surface area contributed by atoms with E-state index in [2.05, 4.69) is 4.98 Å². The third-order valence-electron chi connectivity index (χ3n) is 3.44. The number of methoxy groups -OCH3 is 1. The number of hydrogen-bond donors (Lipinski definition) is 1. The summed E-state index contributed by atoms with van der Waals surface area (Å²) in [5.74, 6) is 1.39. The summed E-state index contributed by atoms with van der Waals surface area (Å²) >= 11 is 0. The van der Waals surface area contributed by atoms with Gasteiger partial charge >= 0.3 is 0 Å². The van der Waals surface area contributed by atoms with Crippen LogP contribution in [-0.4, -0.2) is 12.1 Å². The van der Waals surface area contributed by atoms with Gasteiger partial charge in [-0.15, -0.1) is 0 Å². The zero-order valence-electron chi connectivity index (χ0n) is 11.5. The van der Waals surface area contributed by atoms with Gasteiger partial charge in [-0.25, -0.2) is 0 Å². The van der Waals surface area contributed by atoms with Crippen molar-refractivity contribution in [3.05, 3.63) is 59.6 Å². The predicted molar refractivity (Wildman–Crippen MR) is 77.8 cm³/mol. The van der Waals surface area contributed by atoms with Crippen LogP contribution in [0.25, 0.3) is 11.0 Å². The summed E-state index contributed by atoms with van der Waals surface area (Å²) in [5, 5.41) is 1.06. The van der Waals surface area contributed by atoms with Crippen LogP contribution in [0.3, 0.4) is 0 Å². The van der Waals surface area contributed by atoms with Crippen molar-refractivity contribution in [2.24, 2.45) is 5.73 Å². The highest BCUT2D eigenvalue weighted by atomic mass is 16.5. The van der Waals surface area contributed by atoms with E-state index in [1.165, 1.54) is 0 Å². The van der Waals surface area contributed by atoms with E-state index in [0.29, 0.717) is 5.75 Å². The van der Waals surface area contributed by atoms with E-state index in [1.54, 1.807) is 19.5 Å². The number of pyridine rings is 1. The zero-order valence-corrected chi connectivity index (χ0v) is 11.5. The van der Waals surface area contributed by atoms with Crippen molar-refractivity contribution in [2.75, 3.05) is 7.11 Å². The van der Waals surface area contributed by atoms with Crippen molar-refractivity contribution < 1.29 is 9.15 Å². The minimum absolute atomic E-state index is 0.375. The zero-order chi connectivity index (χ0) is 14.1. The fourth-order valence-corrected chi connectivity index (χ4v) is 2.35. The number of aryl methyl sites for hydroxylation is 1. The largest absolute Gasteiger partial charge is 0.495 e. The molecule has 3 rings (SSSR count). The molecule has 0 fully saturated rings. The average molecular weight is 268 g/mol. The molecule has 2 aromatic heterocycles. The first-order valence-corrected chi connectivity index (χ1v) is 6.43. The second-order valence-electron chi connectivity index (χ2n) is 4.74. The normalized spacial score (nSPS) is 12.6. The molecule has 1 unspecified atom stereocenters. The molecule has 2 N–H and O–H groups in total. The Bertz CT molecular complexity index is 749. The molecule has 0 saturated carbocycles. The molecule has 4 nitrogen and oxygen atoms in total. The maximum atomic E-state index is 6.31. The number of hydrogen-bond acceptors (Lipinski definition) is 4. The first-order chi connectivity index (χ1) is 9.70. The fourth-order valence-electron chi connectivity index (χ4n) is 2.35. The minimum atomic E-state index is -0.375. The lowest BCUT2D eigenvalue weighted by Crippen LogP contribution is -2.12. The van der Waals surface area contributed by atoms with E-state index in [1.807, 2.05) is 37.3 Å². The second kappa shape index (κ2) is 4.98. The highest BCUT2D eigenvalue weighted by Crippen LogP contribution is 2.31. The van der Waals surface area contributed by atoms with E-state index in [4.69, 9.17) is 14.9 Å². The molecule has 1 aromatic carbocycles. The van der Waals surface area contributed by atoms with Gasteiger partial charge in [0.25, 0.3) is 0 Å². The SMILES string of the molecule is COc1cnccc1C(N)c1cc2cccc(C)c2o1. The molecule has 0 aliphatic carbocycles. The highest BCUT2D eigenvalue weighted by molar-refractivity contribution is 5.81. The molecule has 0 spiro atoms. The van der Waals surface area contributed by atoms with Gasteiger partial charge in [-0.2, -0.15) is 0 Å². The van der Waals surface area contributed by atoms with Crippen LogP contribution in [0.2, 0.25) is 0 Å². The molecular weight excluding hydrogens is 252 g/mol. The highest BCUT2D eigenvalue weighted by Gasteiger charge is 2.18. The van der Waals surface area contributed by atoms with Crippen LogP contribution in [-0.2, 0) is 0 Å². The van der Waals surface area contributed by atoms with Gasteiger partial charge in [0.15, 0.2) is 0 Å². The smallest absolute Gasteiger partial charge is 0.142 e. The van der Waals surface area contributed by atoms with Crippen LogP contribution in [0.1, 0.15) is 22.9 Å². The van der Waals surface area contributed by atoms with Gasteiger partial charge in [0.1, 0.15) is 17.1 Å². The molecule has 102 valence electrons. The number of aromatic nitrogens is 1. The first-order valence-electron chi connectivity index (χ1n) is 6.43. The lowest BCUT2D eigenvalue weighted by molar-refractivity contribution is 0.402. The van der Waals surface area contributed by atoms with Crippen molar-refractivity contribution in [1.29, 1.82) is 0 Å². The Balaban J connectivity index is 2.08.